The fraction of sp³-hybridized carbons (Fsp3) is 0.192. The number of rotatable bonds is 4. The molecule has 5 rings (SSSR count). The van der Waals surface area contributed by atoms with Gasteiger partial charge in [0.1, 0.15) is 11.6 Å². The van der Waals surface area contributed by atoms with E-state index in [2.05, 4.69) is 9.88 Å². The van der Waals surface area contributed by atoms with E-state index in [1.807, 2.05) is 24.3 Å². The predicted octanol–water partition coefficient (Wildman–Crippen LogP) is 4.45. The van der Waals surface area contributed by atoms with Crippen LogP contribution < -0.4 is 9.80 Å². The van der Waals surface area contributed by atoms with E-state index in [1.54, 1.807) is 12.1 Å². The van der Waals surface area contributed by atoms with Crippen molar-refractivity contribution in [1.82, 2.24) is 4.98 Å². The van der Waals surface area contributed by atoms with Crippen molar-refractivity contribution >= 4 is 28.8 Å². The molecule has 166 valence electrons. The van der Waals surface area contributed by atoms with Crippen LogP contribution in [0.15, 0.2) is 78.6 Å². The molecule has 2 aromatic carbocycles. The number of aliphatic hydroxyl groups excluding tert-OH is 1. The maximum atomic E-state index is 13.6. The molecule has 1 unspecified atom stereocenters. The first-order valence-corrected chi connectivity index (χ1v) is 10.9. The lowest BCUT2D eigenvalue weighted by Crippen LogP contribution is -2.29. The Bertz CT molecular complexity index is 1220. The summed E-state index contributed by atoms with van der Waals surface area (Å²) in [5.74, 6) is -2.25. The highest BCUT2D eigenvalue weighted by molar-refractivity contribution is 6.51. The van der Waals surface area contributed by atoms with E-state index in [9.17, 15) is 19.1 Å². The van der Waals surface area contributed by atoms with Crippen molar-refractivity contribution in [1.29, 1.82) is 0 Å². The second kappa shape index (κ2) is 8.50. The summed E-state index contributed by atoms with van der Waals surface area (Å²) in [6.45, 7) is 1.98. The molecule has 0 spiro atoms. The lowest BCUT2D eigenvalue weighted by atomic mass is 9.95. The van der Waals surface area contributed by atoms with E-state index < -0.39 is 23.5 Å². The number of aliphatic hydroxyl groups is 1. The maximum absolute atomic E-state index is 13.6. The highest BCUT2D eigenvalue weighted by Gasteiger charge is 2.47. The second-order valence-corrected chi connectivity index (χ2v) is 8.17. The van der Waals surface area contributed by atoms with Crippen LogP contribution in [0, 0.1) is 5.82 Å². The van der Waals surface area contributed by atoms with Crippen molar-refractivity contribution in [2.45, 2.75) is 18.9 Å². The number of aromatic nitrogens is 1. The number of halogens is 1. The normalized spacial score (nSPS) is 20.0. The molecule has 2 fully saturated rings. The van der Waals surface area contributed by atoms with Gasteiger partial charge in [0, 0.05) is 42.4 Å². The molecule has 1 N–H and O–H groups in total. The molecule has 0 bridgehead atoms. The van der Waals surface area contributed by atoms with Crippen molar-refractivity contribution < 1.29 is 19.1 Å². The number of anilines is 2. The summed E-state index contributed by atoms with van der Waals surface area (Å²) in [6.07, 6.45) is 5.29. The molecule has 3 aromatic rings. The lowest BCUT2D eigenvalue weighted by Gasteiger charge is -2.26. The third-order valence-electron chi connectivity index (χ3n) is 6.18. The summed E-state index contributed by atoms with van der Waals surface area (Å²) in [5, 5.41) is 11.0. The van der Waals surface area contributed by atoms with Gasteiger partial charge in [-0.3, -0.25) is 19.5 Å². The lowest BCUT2D eigenvalue weighted by molar-refractivity contribution is -0.132. The van der Waals surface area contributed by atoms with E-state index in [-0.39, 0.29) is 11.3 Å². The fourth-order valence-electron chi connectivity index (χ4n) is 4.52. The summed E-state index contributed by atoms with van der Waals surface area (Å²) in [4.78, 5) is 33.9. The third kappa shape index (κ3) is 3.75. The van der Waals surface area contributed by atoms with Gasteiger partial charge in [-0.2, -0.15) is 0 Å². The van der Waals surface area contributed by atoms with Crippen LogP contribution in [-0.2, 0) is 9.59 Å². The third-order valence-corrected chi connectivity index (χ3v) is 6.18. The number of carbonyl (C=O) groups is 2. The molecule has 2 aliphatic rings. The van der Waals surface area contributed by atoms with Crippen molar-refractivity contribution in [2.24, 2.45) is 0 Å². The minimum atomic E-state index is -0.892. The van der Waals surface area contributed by atoms with Gasteiger partial charge in [-0.1, -0.05) is 12.1 Å². The number of benzene rings is 2. The van der Waals surface area contributed by atoms with Crippen LogP contribution in [0.2, 0.25) is 0 Å². The molecule has 3 heterocycles. The Morgan fingerprint density at radius 2 is 1.48 bits per heavy atom. The molecular formula is C26H22FN3O3. The molecule has 33 heavy (non-hydrogen) atoms. The fourth-order valence-corrected chi connectivity index (χ4v) is 4.52. The van der Waals surface area contributed by atoms with Crippen molar-refractivity contribution in [3.8, 4) is 0 Å². The van der Waals surface area contributed by atoms with Gasteiger partial charge in [-0.05, 0) is 66.9 Å². The van der Waals surface area contributed by atoms with Gasteiger partial charge in [0.2, 0.25) is 0 Å². The van der Waals surface area contributed by atoms with Crippen LogP contribution in [0.3, 0.4) is 0 Å². The van der Waals surface area contributed by atoms with Crippen molar-refractivity contribution in [3.05, 3.63) is 95.6 Å². The number of ketones is 1. The highest BCUT2D eigenvalue weighted by atomic mass is 19.1. The first-order valence-electron chi connectivity index (χ1n) is 10.9. The summed E-state index contributed by atoms with van der Waals surface area (Å²) < 4.78 is 13.6. The van der Waals surface area contributed by atoms with Crippen LogP contribution >= 0.6 is 0 Å². The number of amides is 1. The Balaban J connectivity index is 1.62. The van der Waals surface area contributed by atoms with Crippen LogP contribution in [0.25, 0.3) is 5.76 Å². The average Bonchev–Trinajstić information content (AvgIpc) is 3.47. The maximum Gasteiger partial charge on any atom is 0.300 e. The van der Waals surface area contributed by atoms with Crippen LogP contribution in [0.4, 0.5) is 15.8 Å². The van der Waals surface area contributed by atoms with Crippen LogP contribution in [0.1, 0.15) is 30.0 Å². The Labute approximate surface area is 190 Å². The Morgan fingerprint density at radius 1 is 0.879 bits per heavy atom. The molecule has 2 aliphatic heterocycles. The molecule has 1 atom stereocenters. The van der Waals surface area contributed by atoms with Crippen molar-refractivity contribution in [2.75, 3.05) is 22.9 Å². The van der Waals surface area contributed by atoms with Gasteiger partial charge in [0.15, 0.2) is 0 Å². The summed E-state index contributed by atoms with van der Waals surface area (Å²) >= 11 is 0. The number of Topliss-reactive ketones (excluding diaryl/α,β-unsaturated/α-hetero) is 1. The number of carbonyl (C=O) groups excluding carboxylic acids is 2. The van der Waals surface area contributed by atoms with Crippen molar-refractivity contribution in [3.63, 3.8) is 0 Å². The molecule has 0 saturated carbocycles. The van der Waals surface area contributed by atoms with Gasteiger partial charge in [0.05, 0.1) is 11.6 Å². The zero-order valence-electron chi connectivity index (χ0n) is 17.8. The minimum Gasteiger partial charge on any atom is -0.507 e. The number of nitrogens with zero attached hydrogens (tertiary/aromatic N) is 3. The topological polar surface area (TPSA) is 73.7 Å². The van der Waals surface area contributed by atoms with E-state index in [4.69, 9.17) is 0 Å². The Morgan fingerprint density at radius 3 is 2.12 bits per heavy atom. The van der Waals surface area contributed by atoms with E-state index in [1.165, 1.54) is 41.6 Å². The summed E-state index contributed by atoms with van der Waals surface area (Å²) in [7, 11) is 0. The van der Waals surface area contributed by atoms with E-state index in [0.29, 0.717) is 16.8 Å². The Kier molecular flexibility index (Phi) is 5.38. The molecule has 0 radical (unpaired) electrons. The molecule has 1 aromatic heterocycles. The first-order chi connectivity index (χ1) is 16.0. The zero-order valence-corrected chi connectivity index (χ0v) is 17.8. The second-order valence-electron chi connectivity index (χ2n) is 8.17. The van der Waals surface area contributed by atoms with Gasteiger partial charge in [0.25, 0.3) is 11.7 Å². The van der Waals surface area contributed by atoms with E-state index >= 15 is 0 Å². The molecule has 2 saturated heterocycles. The number of hydrogen-bond acceptors (Lipinski definition) is 5. The first kappa shape index (κ1) is 20.9. The summed E-state index contributed by atoms with van der Waals surface area (Å²) in [5.41, 5.74) is 2.45. The van der Waals surface area contributed by atoms with Gasteiger partial charge in [-0.15, -0.1) is 0 Å². The molecule has 6 nitrogen and oxygen atoms in total. The molecule has 7 heteroatoms. The molecule has 1 amide bonds. The quantitative estimate of drug-likeness (QED) is 0.367. The van der Waals surface area contributed by atoms with Crippen LogP contribution in [-0.4, -0.2) is 34.9 Å². The van der Waals surface area contributed by atoms with Crippen LogP contribution in [0.5, 0.6) is 0 Å². The minimum absolute atomic E-state index is 0.0403. The predicted molar refractivity (Wildman–Crippen MR) is 123 cm³/mol. The zero-order chi connectivity index (χ0) is 22.9. The van der Waals surface area contributed by atoms with E-state index in [0.717, 1.165) is 31.6 Å². The standard InChI is InChI=1S/C26H22FN3O3/c27-19-5-3-17(4-6-19)23-22(24(31)18-11-13-28-14-12-18)25(32)26(33)30(23)21-9-7-20(8-10-21)29-15-1-2-16-29/h3-14,23,31H,1-2,15-16H2/b24-22+. The van der Waals surface area contributed by atoms with Gasteiger partial charge in [-0.25, -0.2) is 4.39 Å². The number of pyridine rings is 1. The Hall–Kier alpha value is -4.00. The average molecular weight is 443 g/mol. The molecule has 0 aliphatic carbocycles. The summed E-state index contributed by atoms with van der Waals surface area (Å²) in [6, 6.07) is 15.3. The highest BCUT2D eigenvalue weighted by Crippen LogP contribution is 2.42. The largest absolute Gasteiger partial charge is 0.507 e. The number of hydrogen-bond donors (Lipinski definition) is 1. The SMILES string of the molecule is O=C1C(=O)N(c2ccc(N3CCCC3)cc2)C(c2ccc(F)cc2)/C1=C(\O)c1ccncc1. The smallest absolute Gasteiger partial charge is 0.300 e. The van der Waals surface area contributed by atoms with Gasteiger partial charge >= 0.3 is 0 Å². The molecular weight excluding hydrogens is 421 g/mol. The van der Waals surface area contributed by atoms with Gasteiger partial charge < -0.3 is 10.0 Å². The monoisotopic (exact) mass is 443 g/mol.